The van der Waals surface area contributed by atoms with Gasteiger partial charge in [0.15, 0.2) is 5.76 Å². The predicted molar refractivity (Wildman–Crippen MR) is 108 cm³/mol. The summed E-state index contributed by atoms with van der Waals surface area (Å²) in [6.07, 6.45) is 3.10. The number of furan rings is 1. The van der Waals surface area contributed by atoms with E-state index in [-0.39, 0.29) is 5.91 Å². The van der Waals surface area contributed by atoms with Crippen molar-refractivity contribution in [2.75, 3.05) is 36.4 Å². The zero-order chi connectivity index (χ0) is 19.5. The molecule has 7 heteroatoms. The molecule has 0 aliphatic carbocycles. The average Bonchev–Trinajstić information content (AvgIpc) is 3.25. The number of benzene rings is 1. The van der Waals surface area contributed by atoms with E-state index in [4.69, 9.17) is 4.42 Å². The first-order valence-electron chi connectivity index (χ1n) is 9.34. The van der Waals surface area contributed by atoms with Gasteiger partial charge < -0.3 is 19.5 Å². The lowest BCUT2D eigenvalue weighted by atomic mass is 10.1. The summed E-state index contributed by atoms with van der Waals surface area (Å²) < 4.78 is 5.22. The number of aryl methyl sites for hydroxylation is 2. The number of anilines is 3. The maximum absolute atomic E-state index is 12.4. The number of piperazine rings is 1. The third-order valence-electron chi connectivity index (χ3n) is 4.93. The van der Waals surface area contributed by atoms with E-state index in [2.05, 4.69) is 52.2 Å². The van der Waals surface area contributed by atoms with Crippen LogP contribution in [0.25, 0.3) is 0 Å². The molecular formula is C21H23N5O2. The Labute approximate surface area is 164 Å². The maximum atomic E-state index is 12.4. The molecule has 1 saturated heterocycles. The van der Waals surface area contributed by atoms with Crippen molar-refractivity contribution in [1.82, 2.24) is 14.9 Å². The Morgan fingerprint density at radius 1 is 1.07 bits per heavy atom. The van der Waals surface area contributed by atoms with Gasteiger partial charge in [-0.2, -0.15) is 0 Å². The molecule has 0 saturated carbocycles. The maximum Gasteiger partial charge on any atom is 0.289 e. The largest absolute Gasteiger partial charge is 0.459 e. The van der Waals surface area contributed by atoms with Crippen molar-refractivity contribution in [3.05, 3.63) is 65.9 Å². The molecule has 1 aliphatic rings. The van der Waals surface area contributed by atoms with E-state index >= 15 is 0 Å². The number of amides is 1. The molecule has 1 aromatic carbocycles. The Balaban J connectivity index is 1.42. The highest BCUT2D eigenvalue weighted by Crippen LogP contribution is 2.23. The second-order valence-corrected chi connectivity index (χ2v) is 6.96. The lowest BCUT2D eigenvalue weighted by Gasteiger charge is -2.35. The summed E-state index contributed by atoms with van der Waals surface area (Å²) in [5, 5.41) is 3.38. The Morgan fingerprint density at radius 2 is 1.89 bits per heavy atom. The first-order valence-corrected chi connectivity index (χ1v) is 9.34. The number of nitrogens with zero attached hydrogens (tertiary/aromatic N) is 4. The van der Waals surface area contributed by atoms with Crippen LogP contribution in [-0.2, 0) is 0 Å². The van der Waals surface area contributed by atoms with Crippen molar-refractivity contribution >= 4 is 23.2 Å². The van der Waals surface area contributed by atoms with Crippen LogP contribution in [0.15, 0.2) is 53.4 Å². The molecule has 28 heavy (non-hydrogen) atoms. The minimum absolute atomic E-state index is 0.0652. The molecule has 1 aliphatic heterocycles. The van der Waals surface area contributed by atoms with Crippen LogP contribution < -0.4 is 10.2 Å². The highest BCUT2D eigenvalue weighted by molar-refractivity contribution is 5.91. The van der Waals surface area contributed by atoms with Crippen LogP contribution in [0, 0.1) is 13.8 Å². The fourth-order valence-corrected chi connectivity index (χ4v) is 3.29. The second-order valence-electron chi connectivity index (χ2n) is 6.96. The highest BCUT2D eigenvalue weighted by Gasteiger charge is 2.24. The Kier molecular flexibility index (Phi) is 4.97. The van der Waals surface area contributed by atoms with Crippen LogP contribution in [0.5, 0.6) is 0 Å². The molecule has 0 bridgehead atoms. The summed E-state index contributed by atoms with van der Waals surface area (Å²) >= 11 is 0. The van der Waals surface area contributed by atoms with Crippen LogP contribution in [0.3, 0.4) is 0 Å². The second kappa shape index (κ2) is 7.72. The SMILES string of the molecule is Cc1ccc(C)c(Nc2cc(N3CCN(C(=O)c4ccco4)CC3)ncn2)c1. The summed E-state index contributed by atoms with van der Waals surface area (Å²) in [6.45, 7) is 6.82. The van der Waals surface area contributed by atoms with Gasteiger partial charge in [-0.15, -0.1) is 0 Å². The molecule has 7 nitrogen and oxygen atoms in total. The van der Waals surface area contributed by atoms with Crippen LogP contribution in [-0.4, -0.2) is 47.0 Å². The molecule has 0 atom stereocenters. The van der Waals surface area contributed by atoms with E-state index < -0.39 is 0 Å². The van der Waals surface area contributed by atoms with Crippen molar-refractivity contribution in [3.63, 3.8) is 0 Å². The molecule has 0 unspecified atom stereocenters. The summed E-state index contributed by atoms with van der Waals surface area (Å²) in [5.41, 5.74) is 3.40. The van der Waals surface area contributed by atoms with Gasteiger partial charge in [0.25, 0.3) is 5.91 Å². The summed E-state index contributed by atoms with van der Waals surface area (Å²) in [4.78, 5) is 25.1. The molecule has 1 fully saturated rings. The van der Waals surface area contributed by atoms with Gasteiger partial charge in [0, 0.05) is 37.9 Å². The third kappa shape index (κ3) is 3.83. The molecule has 4 rings (SSSR count). The number of carbonyl (C=O) groups excluding carboxylic acids is 1. The molecule has 0 spiro atoms. The number of hydrogen-bond donors (Lipinski definition) is 1. The Bertz CT molecular complexity index is 963. The summed E-state index contributed by atoms with van der Waals surface area (Å²) in [6, 6.07) is 11.7. The van der Waals surface area contributed by atoms with Gasteiger partial charge in [-0.1, -0.05) is 12.1 Å². The van der Waals surface area contributed by atoms with Gasteiger partial charge in [-0.05, 0) is 43.2 Å². The summed E-state index contributed by atoms with van der Waals surface area (Å²) in [7, 11) is 0. The van der Waals surface area contributed by atoms with Crippen molar-refractivity contribution in [1.29, 1.82) is 0 Å². The number of rotatable bonds is 4. The van der Waals surface area contributed by atoms with Crippen molar-refractivity contribution in [3.8, 4) is 0 Å². The van der Waals surface area contributed by atoms with Crippen LogP contribution >= 0.6 is 0 Å². The van der Waals surface area contributed by atoms with Crippen molar-refractivity contribution in [2.45, 2.75) is 13.8 Å². The lowest BCUT2D eigenvalue weighted by molar-refractivity contribution is 0.0714. The summed E-state index contributed by atoms with van der Waals surface area (Å²) in [5.74, 6) is 1.93. The van der Waals surface area contributed by atoms with Crippen LogP contribution in [0.2, 0.25) is 0 Å². The molecule has 3 aromatic rings. The quantitative estimate of drug-likeness (QED) is 0.751. The minimum atomic E-state index is -0.0652. The lowest BCUT2D eigenvalue weighted by Crippen LogP contribution is -2.49. The van der Waals surface area contributed by atoms with Crippen molar-refractivity contribution in [2.24, 2.45) is 0 Å². The van der Waals surface area contributed by atoms with Gasteiger partial charge >= 0.3 is 0 Å². The first kappa shape index (κ1) is 18.0. The number of hydrogen-bond acceptors (Lipinski definition) is 6. The fourth-order valence-electron chi connectivity index (χ4n) is 3.29. The van der Waals surface area contributed by atoms with E-state index in [0.29, 0.717) is 31.9 Å². The predicted octanol–water partition coefficient (Wildman–Crippen LogP) is 3.39. The molecule has 0 radical (unpaired) electrons. The normalized spacial score (nSPS) is 14.2. The Hall–Kier alpha value is -3.35. The standard InChI is InChI=1S/C21H23N5O2/c1-15-5-6-16(2)17(12-15)24-19-13-20(23-14-22-19)25-7-9-26(10-8-25)21(27)18-4-3-11-28-18/h3-6,11-14H,7-10H2,1-2H3,(H,22,23,24). The topological polar surface area (TPSA) is 74.5 Å². The number of nitrogens with one attached hydrogen (secondary N) is 1. The molecule has 1 N–H and O–H groups in total. The molecule has 1 amide bonds. The molecular weight excluding hydrogens is 354 g/mol. The smallest absolute Gasteiger partial charge is 0.289 e. The van der Waals surface area contributed by atoms with E-state index in [9.17, 15) is 4.79 Å². The van der Waals surface area contributed by atoms with Gasteiger partial charge in [0.1, 0.15) is 18.0 Å². The third-order valence-corrected chi connectivity index (χ3v) is 4.93. The average molecular weight is 377 g/mol. The molecule has 144 valence electrons. The van der Waals surface area contributed by atoms with E-state index in [1.807, 2.05) is 11.0 Å². The van der Waals surface area contributed by atoms with E-state index in [1.165, 1.54) is 11.8 Å². The van der Waals surface area contributed by atoms with E-state index in [1.54, 1.807) is 18.5 Å². The van der Waals surface area contributed by atoms with E-state index in [0.717, 1.165) is 22.9 Å². The molecule has 2 aromatic heterocycles. The van der Waals surface area contributed by atoms with Gasteiger partial charge in [0.05, 0.1) is 6.26 Å². The number of carbonyl (C=O) groups is 1. The first-order chi connectivity index (χ1) is 13.6. The zero-order valence-corrected chi connectivity index (χ0v) is 16.1. The van der Waals surface area contributed by atoms with Gasteiger partial charge in [0.2, 0.25) is 0 Å². The fraction of sp³-hybridized carbons (Fsp3) is 0.286. The minimum Gasteiger partial charge on any atom is -0.459 e. The molecule has 3 heterocycles. The van der Waals surface area contributed by atoms with Crippen LogP contribution in [0.4, 0.5) is 17.3 Å². The van der Waals surface area contributed by atoms with Crippen LogP contribution in [0.1, 0.15) is 21.7 Å². The number of aromatic nitrogens is 2. The van der Waals surface area contributed by atoms with Gasteiger partial charge in [-0.25, -0.2) is 9.97 Å². The van der Waals surface area contributed by atoms with Crippen molar-refractivity contribution < 1.29 is 9.21 Å². The highest BCUT2D eigenvalue weighted by atomic mass is 16.3. The van der Waals surface area contributed by atoms with Gasteiger partial charge in [-0.3, -0.25) is 4.79 Å². The monoisotopic (exact) mass is 377 g/mol. The zero-order valence-electron chi connectivity index (χ0n) is 16.1. The Morgan fingerprint density at radius 3 is 2.64 bits per heavy atom.